The van der Waals surface area contributed by atoms with E-state index < -0.39 is 0 Å². The fraction of sp³-hybridized carbons (Fsp3) is 0.200. The Balaban J connectivity index is 1.48. The number of imidazole rings is 1. The highest BCUT2D eigenvalue weighted by Crippen LogP contribution is 2.22. The molecule has 1 aliphatic rings. The summed E-state index contributed by atoms with van der Waals surface area (Å²) in [5.74, 6) is 0.371. The number of hydrogen-bond acceptors (Lipinski definition) is 3. The topological polar surface area (TPSA) is 41.4 Å². The Bertz CT molecular complexity index is 949. The molecular formula is C20H18ClFN4O. The van der Waals surface area contributed by atoms with Gasteiger partial charge in [0.25, 0.3) is 5.91 Å². The Hall–Kier alpha value is -2.86. The molecule has 1 aromatic heterocycles. The minimum Gasteiger partial charge on any atom is -0.338 e. The number of anilines is 1. The van der Waals surface area contributed by atoms with Gasteiger partial charge in [0.2, 0.25) is 5.95 Å². The number of aromatic nitrogens is 2. The van der Waals surface area contributed by atoms with E-state index in [1.807, 2.05) is 4.90 Å². The summed E-state index contributed by atoms with van der Waals surface area (Å²) < 4.78 is 15.9. The first-order valence-electron chi connectivity index (χ1n) is 8.71. The first-order chi connectivity index (χ1) is 13.1. The summed E-state index contributed by atoms with van der Waals surface area (Å²) in [5, 5.41) is 0.608. The summed E-state index contributed by atoms with van der Waals surface area (Å²) in [5.41, 5.74) is 1.09. The van der Waals surface area contributed by atoms with Crippen molar-refractivity contribution in [3.8, 4) is 5.69 Å². The maximum atomic E-state index is 14.2. The number of nitrogens with zero attached hydrogens (tertiary/aromatic N) is 4. The van der Waals surface area contributed by atoms with Gasteiger partial charge in [-0.1, -0.05) is 23.7 Å². The molecule has 138 valence electrons. The van der Waals surface area contributed by atoms with Gasteiger partial charge in [-0.2, -0.15) is 0 Å². The molecule has 0 atom stereocenters. The van der Waals surface area contributed by atoms with Crippen LogP contribution in [0.25, 0.3) is 5.69 Å². The summed E-state index contributed by atoms with van der Waals surface area (Å²) in [4.78, 5) is 20.9. The van der Waals surface area contributed by atoms with Crippen LogP contribution < -0.4 is 4.90 Å². The highest BCUT2D eigenvalue weighted by molar-refractivity contribution is 6.30. The number of carbonyl (C=O) groups is 1. The largest absolute Gasteiger partial charge is 0.338 e. The highest BCUT2D eigenvalue weighted by atomic mass is 35.5. The van der Waals surface area contributed by atoms with Crippen molar-refractivity contribution >= 4 is 23.5 Å². The van der Waals surface area contributed by atoms with Crippen molar-refractivity contribution in [3.05, 3.63) is 77.3 Å². The van der Waals surface area contributed by atoms with E-state index in [9.17, 15) is 9.18 Å². The molecule has 0 N–H and O–H groups in total. The molecule has 0 spiro atoms. The standard InChI is InChI=1S/C20H18ClFN4O/c21-16-7-5-15(6-8-16)19(27)24-11-13-25(14-12-24)20-23-9-10-26(20)18-4-2-1-3-17(18)22/h1-10H,11-14H2. The molecule has 1 aliphatic heterocycles. The van der Waals surface area contributed by atoms with Gasteiger partial charge in [0.15, 0.2) is 0 Å². The van der Waals surface area contributed by atoms with E-state index in [0.29, 0.717) is 48.4 Å². The highest BCUT2D eigenvalue weighted by Gasteiger charge is 2.25. The van der Waals surface area contributed by atoms with E-state index in [2.05, 4.69) is 9.88 Å². The molecule has 0 unspecified atom stereocenters. The van der Waals surface area contributed by atoms with Crippen LogP contribution in [0.2, 0.25) is 5.02 Å². The van der Waals surface area contributed by atoms with Gasteiger partial charge in [-0.15, -0.1) is 0 Å². The lowest BCUT2D eigenvalue weighted by Gasteiger charge is -2.35. The molecule has 1 fully saturated rings. The van der Waals surface area contributed by atoms with Crippen LogP contribution in [0.4, 0.5) is 10.3 Å². The first-order valence-corrected chi connectivity index (χ1v) is 9.09. The van der Waals surface area contributed by atoms with Crippen LogP contribution in [0, 0.1) is 5.82 Å². The lowest BCUT2D eigenvalue weighted by molar-refractivity contribution is 0.0746. The van der Waals surface area contributed by atoms with E-state index >= 15 is 0 Å². The summed E-state index contributed by atoms with van der Waals surface area (Å²) in [6, 6.07) is 13.5. The second-order valence-corrected chi connectivity index (χ2v) is 6.77. The van der Waals surface area contributed by atoms with Crippen molar-refractivity contribution in [3.63, 3.8) is 0 Å². The quantitative estimate of drug-likeness (QED) is 0.692. The molecule has 5 nitrogen and oxygen atoms in total. The number of amides is 1. The van der Waals surface area contributed by atoms with Gasteiger partial charge in [-0.25, -0.2) is 9.37 Å². The van der Waals surface area contributed by atoms with Crippen LogP contribution >= 0.6 is 11.6 Å². The van der Waals surface area contributed by atoms with Crippen LogP contribution in [0.3, 0.4) is 0 Å². The molecule has 2 aromatic carbocycles. The fourth-order valence-electron chi connectivity index (χ4n) is 3.25. The first kappa shape index (κ1) is 17.5. The molecule has 7 heteroatoms. The average molecular weight is 385 g/mol. The number of piperazine rings is 1. The number of benzene rings is 2. The summed E-state index contributed by atoms with van der Waals surface area (Å²) in [7, 11) is 0. The molecule has 0 radical (unpaired) electrons. The summed E-state index contributed by atoms with van der Waals surface area (Å²) in [6.45, 7) is 2.41. The van der Waals surface area contributed by atoms with Crippen LogP contribution in [0.15, 0.2) is 60.9 Å². The van der Waals surface area contributed by atoms with Gasteiger partial charge < -0.3 is 9.80 Å². The number of halogens is 2. The number of hydrogen-bond donors (Lipinski definition) is 0. The van der Waals surface area contributed by atoms with Gasteiger partial charge in [-0.05, 0) is 36.4 Å². The van der Waals surface area contributed by atoms with Gasteiger partial charge in [0.1, 0.15) is 5.82 Å². The van der Waals surface area contributed by atoms with Crippen molar-refractivity contribution < 1.29 is 9.18 Å². The average Bonchev–Trinajstić information content (AvgIpc) is 3.18. The molecule has 3 aromatic rings. The van der Waals surface area contributed by atoms with E-state index in [1.165, 1.54) is 6.07 Å². The molecule has 0 bridgehead atoms. The SMILES string of the molecule is O=C(c1ccc(Cl)cc1)N1CCN(c2nccn2-c2ccccc2F)CC1. The van der Waals surface area contributed by atoms with Gasteiger partial charge >= 0.3 is 0 Å². The van der Waals surface area contributed by atoms with Crippen LogP contribution in [-0.4, -0.2) is 46.5 Å². The third kappa shape index (κ3) is 3.53. The van der Waals surface area contributed by atoms with Crippen molar-refractivity contribution in [2.24, 2.45) is 0 Å². The summed E-state index contributed by atoms with van der Waals surface area (Å²) in [6.07, 6.45) is 3.41. The van der Waals surface area contributed by atoms with Crippen LogP contribution in [0.5, 0.6) is 0 Å². The molecule has 0 saturated carbocycles. The minimum absolute atomic E-state index is 0.0104. The van der Waals surface area contributed by atoms with E-state index in [1.54, 1.807) is 59.4 Å². The molecule has 1 saturated heterocycles. The number of para-hydroxylation sites is 1. The lowest BCUT2D eigenvalue weighted by Crippen LogP contribution is -2.49. The zero-order chi connectivity index (χ0) is 18.8. The lowest BCUT2D eigenvalue weighted by atomic mass is 10.2. The van der Waals surface area contributed by atoms with Gasteiger partial charge in [0.05, 0.1) is 5.69 Å². The number of carbonyl (C=O) groups excluding carboxylic acids is 1. The third-order valence-electron chi connectivity index (χ3n) is 4.67. The molecule has 1 amide bonds. The monoisotopic (exact) mass is 384 g/mol. The maximum Gasteiger partial charge on any atom is 0.253 e. The van der Waals surface area contributed by atoms with Crippen molar-refractivity contribution in [2.45, 2.75) is 0 Å². The Morgan fingerprint density at radius 3 is 2.41 bits per heavy atom. The maximum absolute atomic E-state index is 14.2. The Morgan fingerprint density at radius 1 is 1.00 bits per heavy atom. The minimum atomic E-state index is -0.298. The molecule has 27 heavy (non-hydrogen) atoms. The molecule has 2 heterocycles. The van der Waals surface area contributed by atoms with Crippen molar-refractivity contribution in [1.82, 2.24) is 14.5 Å². The smallest absolute Gasteiger partial charge is 0.253 e. The van der Waals surface area contributed by atoms with Crippen LogP contribution in [-0.2, 0) is 0 Å². The van der Waals surface area contributed by atoms with E-state index in [4.69, 9.17) is 11.6 Å². The Morgan fingerprint density at radius 2 is 1.70 bits per heavy atom. The van der Waals surface area contributed by atoms with Crippen LogP contribution in [0.1, 0.15) is 10.4 Å². The third-order valence-corrected chi connectivity index (χ3v) is 4.93. The van der Waals surface area contributed by atoms with Crippen molar-refractivity contribution in [1.29, 1.82) is 0 Å². The second kappa shape index (κ2) is 7.40. The zero-order valence-electron chi connectivity index (χ0n) is 14.6. The van der Waals surface area contributed by atoms with Gasteiger partial charge in [-0.3, -0.25) is 9.36 Å². The fourth-order valence-corrected chi connectivity index (χ4v) is 3.38. The predicted molar refractivity (Wildman–Crippen MR) is 103 cm³/mol. The van der Waals surface area contributed by atoms with E-state index in [-0.39, 0.29) is 11.7 Å². The molecule has 0 aliphatic carbocycles. The van der Waals surface area contributed by atoms with Gasteiger partial charge in [0, 0.05) is 49.2 Å². The Kier molecular flexibility index (Phi) is 4.81. The normalized spacial score (nSPS) is 14.4. The van der Waals surface area contributed by atoms with E-state index in [0.717, 1.165) is 0 Å². The Labute approximate surface area is 161 Å². The summed E-state index contributed by atoms with van der Waals surface area (Å²) >= 11 is 5.89. The molecule has 4 rings (SSSR count). The number of rotatable bonds is 3. The molecular weight excluding hydrogens is 367 g/mol. The zero-order valence-corrected chi connectivity index (χ0v) is 15.3. The predicted octanol–water partition coefficient (Wildman–Crippen LogP) is 3.63. The second-order valence-electron chi connectivity index (χ2n) is 6.33. The van der Waals surface area contributed by atoms with Crippen molar-refractivity contribution in [2.75, 3.05) is 31.1 Å².